The standard InChI is InChI=1S/C20H30N2O.C2HF3O2/c1-16(2)18-7-5-17(6-8-18)15-22-13-4-10-20(12-14-22)11-9-19(23)21(20)3;3-2(4,5)1(6)7/h5-8,16H,4,9-15H2,1-3H3;(H,6,7). The van der Waals surface area contributed by atoms with E-state index in [9.17, 15) is 18.0 Å². The molecule has 2 saturated heterocycles. The molecule has 0 aromatic heterocycles. The van der Waals surface area contributed by atoms with Crippen molar-refractivity contribution in [3.63, 3.8) is 0 Å². The Balaban J connectivity index is 0.000000396. The van der Waals surface area contributed by atoms with E-state index in [1.807, 2.05) is 11.9 Å². The second-order valence-corrected chi connectivity index (χ2v) is 8.51. The third kappa shape index (κ3) is 6.20. The van der Waals surface area contributed by atoms with Crippen LogP contribution in [0, 0.1) is 0 Å². The van der Waals surface area contributed by atoms with E-state index >= 15 is 0 Å². The van der Waals surface area contributed by atoms with Gasteiger partial charge in [0.2, 0.25) is 5.91 Å². The van der Waals surface area contributed by atoms with E-state index in [4.69, 9.17) is 9.90 Å². The highest BCUT2D eigenvalue weighted by molar-refractivity contribution is 5.79. The van der Waals surface area contributed by atoms with Crippen molar-refractivity contribution in [2.24, 2.45) is 0 Å². The second kappa shape index (κ2) is 9.81. The van der Waals surface area contributed by atoms with Gasteiger partial charge in [-0.3, -0.25) is 9.69 Å². The Hall–Kier alpha value is -2.09. The first kappa shape index (κ1) is 24.2. The zero-order chi connectivity index (χ0) is 22.5. The molecule has 0 radical (unpaired) electrons. The Morgan fingerprint density at radius 1 is 1.13 bits per heavy atom. The van der Waals surface area contributed by atoms with Crippen LogP contribution in [0.3, 0.4) is 0 Å². The van der Waals surface area contributed by atoms with Crippen molar-refractivity contribution in [2.45, 2.75) is 70.1 Å². The molecule has 2 aliphatic heterocycles. The van der Waals surface area contributed by atoms with Crippen molar-refractivity contribution in [1.29, 1.82) is 0 Å². The van der Waals surface area contributed by atoms with Gasteiger partial charge < -0.3 is 10.0 Å². The molecule has 1 amide bonds. The van der Waals surface area contributed by atoms with Gasteiger partial charge in [0, 0.05) is 32.1 Å². The molecule has 5 nitrogen and oxygen atoms in total. The van der Waals surface area contributed by atoms with Crippen LogP contribution < -0.4 is 0 Å². The molecule has 168 valence electrons. The summed E-state index contributed by atoms with van der Waals surface area (Å²) >= 11 is 0. The van der Waals surface area contributed by atoms with Crippen LogP contribution in [0.15, 0.2) is 24.3 Å². The number of rotatable bonds is 3. The van der Waals surface area contributed by atoms with Crippen LogP contribution in [0.5, 0.6) is 0 Å². The predicted molar refractivity (Wildman–Crippen MR) is 108 cm³/mol. The van der Waals surface area contributed by atoms with Crippen LogP contribution in [0.25, 0.3) is 0 Å². The lowest BCUT2D eigenvalue weighted by molar-refractivity contribution is -0.192. The molecule has 0 aliphatic carbocycles. The van der Waals surface area contributed by atoms with Gasteiger partial charge in [-0.15, -0.1) is 0 Å². The quantitative estimate of drug-likeness (QED) is 0.774. The summed E-state index contributed by atoms with van der Waals surface area (Å²) in [5, 5.41) is 7.12. The molecule has 1 atom stereocenters. The van der Waals surface area contributed by atoms with Gasteiger partial charge in [-0.05, 0) is 49.3 Å². The number of aliphatic carboxylic acids is 1. The van der Waals surface area contributed by atoms with Crippen molar-refractivity contribution in [1.82, 2.24) is 9.80 Å². The minimum absolute atomic E-state index is 0.146. The number of carboxylic acid groups (broad SMARTS) is 1. The molecule has 1 N–H and O–H groups in total. The van der Waals surface area contributed by atoms with Crippen molar-refractivity contribution < 1.29 is 27.9 Å². The maximum atomic E-state index is 11.9. The van der Waals surface area contributed by atoms with Gasteiger partial charge in [0.1, 0.15) is 0 Å². The van der Waals surface area contributed by atoms with Crippen LogP contribution in [0.2, 0.25) is 0 Å². The largest absolute Gasteiger partial charge is 0.490 e. The topological polar surface area (TPSA) is 60.9 Å². The third-order valence-electron chi connectivity index (χ3n) is 6.19. The molecule has 0 saturated carbocycles. The fourth-order valence-electron chi connectivity index (χ4n) is 4.18. The summed E-state index contributed by atoms with van der Waals surface area (Å²) in [6.07, 6.45) is 0.200. The lowest BCUT2D eigenvalue weighted by Gasteiger charge is -2.35. The Bertz CT molecular complexity index is 734. The molecule has 8 heteroatoms. The van der Waals surface area contributed by atoms with E-state index in [1.54, 1.807) is 0 Å². The summed E-state index contributed by atoms with van der Waals surface area (Å²) in [6, 6.07) is 9.09. The number of hydrogen-bond acceptors (Lipinski definition) is 3. The van der Waals surface area contributed by atoms with Crippen molar-refractivity contribution in [3.05, 3.63) is 35.4 Å². The Morgan fingerprint density at radius 3 is 2.20 bits per heavy atom. The number of alkyl halides is 3. The Morgan fingerprint density at radius 2 is 1.73 bits per heavy atom. The first-order valence-corrected chi connectivity index (χ1v) is 10.3. The summed E-state index contributed by atoms with van der Waals surface area (Å²) in [4.78, 5) is 25.4. The molecule has 3 rings (SSSR count). The van der Waals surface area contributed by atoms with E-state index in [0.29, 0.717) is 11.8 Å². The van der Waals surface area contributed by atoms with E-state index in [1.165, 1.54) is 17.5 Å². The van der Waals surface area contributed by atoms with Gasteiger partial charge in [0.05, 0.1) is 0 Å². The molecule has 1 aromatic rings. The maximum Gasteiger partial charge on any atom is 0.490 e. The van der Waals surface area contributed by atoms with Gasteiger partial charge in [0.15, 0.2) is 0 Å². The van der Waals surface area contributed by atoms with Gasteiger partial charge >= 0.3 is 12.1 Å². The fourth-order valence-corrected chi connectivity index (χ4v) is 4.18. The zero-order valence-corrected chi connectivity index (χ0v) is 17.8. The number of carbonyl (C=O) groups is 2. The SMILES string of the molecule is CC(C)c1ccc(CN2CCCC3(CCC(=O)N3C)CC2)cc1.O=C(O)C(F)(F)F. The van der Waals surface area contributed by atoms with Gasteiger partial charge in [-0.1, -0.05) is 38.1 Å². The molecule has 1 unspecified atom stereocenters. The highest BCUT2D eigenvalue weighted by Gasteiger charge is 2.43. The normalized spacial score (nSPS) is 22.8. The van der Waals surface area contributed by atoms with Crippen molar-refractivity contribution in [2.75, 3.05) is 20.1 Å². The van der Waals surface area contributed by atoms with Crippen LogP contribution in [-0.2, 0) is 16.1 Å². The number of amides is 1. The summed E-state index contributed by atoms with van der Waals surface area (Å²) in [5.74, 6) is -1.83. The first-order chi connectivity index (χ1) is 13.9. The van der Waals surface area contributed by atoms with Crippen LogP contribution in [-0.4, -0.2) is 58.6 Å². The number of carbonyl (C=O) groups excluding carboxylic acids is 1. The van der Waals surface area contributed by atoms with Crippen LogP contribution >= 0.6 is 0 Å². The third-order valence-corrected chi connectivity index (χ3v) is 6.19. The second-order valence-electron chi connectivity index (χ2n) is 8.51. The zero-order valence-electron chi connectivity index (χ0n) is 17.8. The average molecular weight is 428 g/mol. The van der Waals surface area contributed by atoms with Crippen LogP contribution in [0.1, 0.15) is 63.0 Å². The molecular formula is C22H31F3N2O3. The summed E-state index contributed by atoms with van der Waals surface area (Å²) in [7, 11) is 2.01. The van der Waals surface area contributed by atoms with Crippen LogP contribution in [0.4, 0.5) is 13.2 Å². The van der Waals surface area contributed by atoms with Gasteiger partial charge in [-0.25, -0.2) is 4.79 Å². The number of nitrogens with zero attached hydrogens (tertiary/aromatic N) is 2. The summed E-state index contributed by atoms with van der Waals surface area (Å²) in [5.41, 5.74) is 2.96. The van der Waals surface area contributed by atoms with E-state index < -0.39 is 12.1 Å². The Labute approximate surface area is 175 Å². The molecule has 2 heterocycles. The molecule has 30 heavy (non-hydrogen) atoms. The predicted octanol–water partition coefficient (Wildman–Crippen LogP) is 4.42. The lowest BCUT2D eigenvalue weighted by atomic mass is 9.88. The molecular weight excluding hydrogens is 397 g/mol. The lowest BCUT2D eigenvalue weighted by Crippen LogP contribution is -2.43. The fraction of sp³-hybridized carbons (Fsp3) is 0.636. The number of benzene rings is 1. The molecule has 0 bridgehead atoms. The first-order valence-electron chi connectivity index (χ1n) is 10.3. The highest BCUT2D eigenvalue weighted by Crippen LogP contribution is 2.38. The number of halogens is 3. The van der Waals surface area contributed by atoms with Gasteiger partial charge in [-0.2, -0.15) is 13.2 Å². The highest BCUT2D eigenvalue weighted by atomic mass is 19.4. The van der Waals surface area contributed by atoms with Crippen molar-refractivity contribution >= 4 is 11.9 Å². The minimum Gasteiger partial charge on any atom is -0.475 e. The maximum absolute atomic E-state index is 11.9. The monoisotopic (exact) mass is 428 g/mol. The molecule has 2 aliphatic rings. The summed E-state index contributed by atoms with van der Waals surface area (Å²) < 4.78 is 31.7. The number of carboxylic acids is 1. The average Bonchev–Trinajstić information content (AvgIpc) is 2.83. The van der Waals surface area contributed by atoms with E-state index in [0.717, 1.165) is 45.3 Å². The summed E-state index contributed by atoms with van der Waals surface area (Å²) in [6.45, 7) is 7.76. The number of hydrogen-bond donors (Lipinski definition) is 1. The molecule has 2 fully saturated rings. The van der Waals surface area contributed by atoms with E-state index in [2.05, 4.69) is 43.0 Å². The van der Waals surface area contributed by atoms with E-state index in [-0.39, 0.29) is 5.54 Å². The molecule has 1 spiro atoms. The smallest absolute Gasteiger partial charge is 0.475 e. The number of likely N-dealkylation sites (tertiary alicyclic amines) is 2. The molecule has 1 aromatic carbocycles. The van der Waals surface area contributed by atoms with Gasteiger partial charge in [0.25, 0.3) is 0 Å². The van der Waals surface area contributed by atoms with Crippen molar-refractivity contribution in [3.8, 4) is 0 Å². The Kier molecular flexibility index (Phi) is 7.91. The minimum atomic E-state index is -5.08.